The summed E-state index contributed by atoms with van der Waals surface area (Å²) in [4.78, 5) is 0. The summed E-state index contributed by atoms with van der Waals surface area (Å²) in [6, 6.07) is 9.40. The van der Waals surface area contributed by atoms with Gasteiger partial charge in [-0.1, -0.05) is 25.5 Å². The molecule has 0 aliphatic rings. The molecule has 2 N–H and O–H groups in total. The summed E-state index contributed by atoms with van der Waals surface area (Å²) in [5.41, 5.74) is 9.02. The second-order valence-electron chi connectivity index (χ2n) is 4.24. The van der Waals surface area contributed by atoms with Crippen molar-refractivity contribution in [1.82, 2.24) is 9.78 Å². The summed E-state index contributed by atoms with van der Waals surface area (Å²) in [6.07, 6.45) is 4.09. The van der Waals surface area contributed by atoms with Gasteiger partial charge in [-0.3, -0.25) is 4.68 Å². The Bertz CT molecular complexity index is 560. The average Bonchev–Trinajstić information content (AvgIpc) is 2.78. The van der Waals surface area contributed by atoms with Gasteiger partial charge in [0.1, 0.15) is 5.69 Å². The Morgan fingerprint density at radius 1 is 1.33 bits per heavy atom. The molecule has 4 nitrogen and oxygen atoms in total. The van der Waals surface area contributed by atoms with Gasteiger partial charge in [-0.05, 0) is 18.6 Å². The Morgan fingerprint density at radius 2 is 2.06 bits per heavy atom. The molecule has 0 radical (unpaired) electrons. The molecule has 18 heavy (non-hydrogen) atoms. The van der Waals surface area contributed by atoms with Gasteiger partial charge in [-0.15, -0.1) is 0 Å². The molecule has 0 amide bonds. The van der Waals surface area contributed by atoms with Gasteiger partial charge in [0.2, 0.25) is 0 Å². The number of benzene rings is 1. The summed E-state index contributed by atoms with van der Waals surface area (Å²) in [5, 5.41) is 13.2. The number of aromatic nitrogens is 2. The maximum Gasteiger partial charge on any atom is 0.115 e. The Hall–Kier alpha value is -2.28. The highest BCUT2D eigenvalue weighted by Crippen LogP contribution is 2.24. The summed E-state index contributed by atoms with van der Waals surface area (Å²) in [5.74, 6) is 0. The van der Waals surface area contributed by atoms with Crippen LogP contribution >= 0.6 is 0 Å². The Labute approximate surface area is 107 Å². The smallest absolute Gasteiger partial charge is 0.115 e. The van der Waals surface area contributed by atoms with Crippen LogP contribution < -0.4 is 5.73 Å². The molecule has 0 atom stereocenters. The van der Waals surface area contributed by atoms with Crippen molar-refractivity contribution >= 4 is 5.69 Å². The number of rotatable bonds is 4. The minimum Gasteiger partial charge on any atom is -0.396 e. The minimum absolute atomic E-state index is 0.641. The first kappa shape index (κ1) is 12.2. The van der Waals surface area contributed by atoms with Crippen molar-refractivity contribution in [3.63, 3.8) is 0 Å². The van der Waals surface area contributed by atoms with Crippen LogP contribution in [0.3, 0.4) is 0 Å². The largest absolute Gasteiger partial charge is 0.396 e. The third kappa shape index (κ3) is 2.51. The number of nitrogens with zero attached hydrogens (tertiary/aromatic N) is 3. The molecule has 2 aromatic rings. The highest BCUT2D eigenvalue weighted by molar-refractivity contribution is 5.72. The molecular formula is C14H16N4. The van der Waals surface area contributed by atoms with Crippen molar-refractivity contribution in [2.75, 3.05) is 5.73 Å². The lowest BCUT2D eigenvalue weighted by Crippen LogP contribution is -1.97. The number of hydrogen-bond acceptors (Lipinski definition) is 3. The molecule has 92 valence electrons. The molecule has 0 unspecified atom stereocenters. The molecule has 0 spiro atoms. The van der Waals surface area contributed by atoms with Crippen molar-refractivity contribution in [3.8, 4) is 17.3 Å². The second-order valence-corrected chi connectivity index (χ2v) is 4.24. The molecule has 1 aromatic heterocycles. The summed E-state index contributed by atoms with van der Waals surface area (Å²) >= 11 is 0. The van der Waals surface area contributed by atoms with Crippen LogP contribution in [-0.4, -0.2) is 9.78 Å². The van der Waals surface area contributed by atoms with E-state index in [1.807, 2.05) is 23.0 Å². The number of nitrogen functional groups attached to an aromatic ring is 1. The number of nitrogens with two attached hydrogens (primary N) is 1. The summed E-state index contributed by atoms with van der Waals surface area (Å²) in [7, 11) is 0. The number of anilines is 1. The van der Waals surface area contributed by atoms with Crippen LogP contribution in [0.25, 0.3) is 11.3 Å². The van der Waals surface area contributed by atoms with E-state index < -0.39 is 0 Å². The van der Waals surface area contributed by atoms with Gasteiger partial charge in [0.05, 0.1) is 17.3 Å². The van der Waals surface area contributed by atoms with E-state index in [4.69, 9.17) is 11.0 Å². The first-order valence-corrected chi connectivity index (χ1v) is 6.08. The summed E-state index contributed by atoms with van der Waals surface area (Å²) in [6.45, 7) is 3.03. The van der Waals surface area contributed by atoms with Crippen LogP contribution in [0.4, 0.5) is 5.69 Å². The van der Waals surface area contributed by atoms with Gasteiger partial charge in [0.15, 0.2) is 0 Å². The van der Waals surface area contributed by atoms with Crippen LogP contribution in [0.2, 0.25) is 0 Å². The van der Waals surface area contributed by atoms with E-state index in [2.05, 4.69) is 18.1 Å². The van der Waals surface area contributed by atoms with Gasteiger partial charge in [0.25, 0.3) is 0 Å². The molecule has 1 heterocycles. The lowest BCUT2D eigenvalue weighted by Gasteiger charge is -1.99. The minimum atomic E-state index is 0.641. The Morgan fingerprint density at radius 3 is 2.67 bits per heavy atom. The standard InChI is InChI=1S/C14H16N4/c1-2-3-8-18-10-13(16)14(17-18)12-6-4-11(9-15)5-7-12/h4-7,10H,2-3,8,16H2,1H3. The number of hydrogen-bond donors (Lipinski definition) is 1. The highest BCUT2D eigenvalue weighted by atomic mass is 15.3. The monoisotopic (exact) mass is 240 g/mol. The number of nitriles is 1. The molecule has 0 bridgehead atoms. The fraction of sp³-hybridized carbons (Fsp3) is 0.286. The van der Waals surface area contributed by atoms with E-state index >= 15 is 0 Å². The zero-order chi connectivity index (χ0) is 13.0. The van der Waals surface area contributed by atoms with Crippen LogP contribution in [0.5, 0.6) is 0 Å². The SMILES string of the molecule is CCCCn1cc(N)c(-c2ccc(C#N)cc2)n1. The topological polar surface area (TPSA) is 67.6 Å². The van der Waals surface area contributed by atoms with E-state index in [0.717, 1.165) is 30.6 Å². The maximum absolute atomic E-state index is 8.76. The number of unbranched alkanes of at least 4 members (excludes halogenated alkanes) is 1. The third-order valence-electron chi connectivity index (χ3n) is 2.82. The lowest BCUT2D eigenvalue weighted by atomic mass is 10.1. The Kier molecular flexibility index (Phi) is 3.63. The van der Waals surface area contributed by atoms with E-state index in [1.54, 1.807) is 12.1 Å². The van der Waals surface area contributed by atoms with Crippen molar-refractivity contribution in [3.05, 3.63) is 36.0 Å². The molecule has 4 heteroatoms. The van der Waals surface area contributed by atoms with Crippen molar-refractivity contribution in [2.45, 2.75) is 26.3 Å². The van der Waals surface area contributed by atoms with Gasteiger partial charge in [-0.2, -0.15) is 10.4 Å². The molecule has 0 aliphatic heterocycles. The van der Waals surface area contributed by atoms with Crippen molar-refractivity contribution in [2.24, 2.45) is 0 Å². The van der Waals surface area contributed by atoms with Crippen molar-refractivity contribution < 1.29 is 0 Å². The van der Waals surface area contributed by atoms with Crippen LogP contribution in [0.15, 0.2) is 30.5 Å². The van der Waals surface area contributed by atoms with E-state index in [0.29, 0.717) is 11.3 Å². The second kappa shape index (κ2) is 5.37. The van der Waals surface area contributed by atoms with Gasteiger partial charge in [-0.25, -0.2) is 0 Å². The maximum atomic E-state index is 8.76. The van der Waals surface area contributed by atoms with E-state index in [1.165, 1.54) is 0 Å². The van der Waals surface area contributed by atoms with Gasteiger partial charge >= 0.3 is 0 Å². The lowest BCUT2D eigenvalue weighted by molar-refractivity contribution is 0.573. The first-order valence-electron chi connectivity index (χ1n) is 6.08. The summed E-state index contributed by atoms with van der Waals surface area (Å²) < 4.78 is 1.88. The normalized spacial score (nSPS) is 10.2. The van der Waals surface area contributed by atoms with E-state index in [-0.39, 0.29) is 0 Å². The zero-order valence-corrected chi connectivity index (χ0v) is 10.4. The fourth-order valence-corrected chi connectivity index (χ4v) is 1.80. The van der Waals surface area contributed by atoms with Crippen LogP contribution in [0.1, 0.15) is 25.3 Å². The molecule has 1 aromatic carbocycles. The molecule has 0 aliphatic carbocycles. The fourth-order valence-electron chi connectivity index (χ4n) is 1.80. The number of aryl methyl sites for hydroxylation is 1. The van der Waals surface area contributed by atoms with Crippen molar-refractivity contribution in [1.29, 1.82) is 5.26 Å². The quantitative estimate of drug-likeness (QED) is 0.893. The molecule has 0 saturated carbocycles. The highest BCUT2D eigenvalue weighted by Gasteiger charge is 2.08. The Balaban J connectivity index is 2.26. The molecular weight excluding hydrogens is 224 g/mol. The van der Waals surface area contributed by atoms with Crippen LogP contribution in [0, 0.1) is 11.3 Å². The van der Waals surface area contributed by atoms with Crippen LogP contribution in [-0.2, 0) is 6.54 Å². The van der Waals surface area contributed by atoms with E-state index in [9.17, 15) is 0 Å². The predicted octanol–water partition coefficient (Wildman–Crippen LogP) is 2.80. The molecule has 0 saturated heterocycles. The first-order chi connectivity index (χ1) is 8.74. The molecule has 0 fully saturated rings. The predicted molar refractivity (Wildman–Crippen MR) is 71.7 cm³/mol. The average molecular weight is 240 g/mol. The van der Waals surface area contributed by atoms with Gasteiger partial charge in [0, 0.05) is 18.3 Å². The molecule has 2 rings (SSSR count). The van der Waals surface area contributed by atoms with Gasteiger partial charge < -0.3 is 5.73 Å². The zero-order valence-electron chi connectivity index (χ0n) is 10.4. The third-order valence-corrected chi connectivity index (χ3v) is 2.82.